The van der Waals surface area contributed by atoms with Crippen LogP contribution >= 0.6 is 0 Å². The van der Waals surface area contributed by atoms with Gasteiger partial charge in [-0.1, -0.05) is 13.8 Å². The van der Waals surface area contributed by atoms with Crippen molar-refractivity contribution in [3.63, 3.8) is 0 Å². The molecule has 0 unspecified atom stereocenters. The Labute approximate surface area is 109 Å². The first kappa shape index (κ1) is 13.1. The van der Waals surface area contributed by atoms with E-state index in [-0.39, 0.29) is 0 Å². The first-order valence-corrected chi connectivity index (χ1v) is 6.65. The summed E-state index contributed by atoms with van der Waals surface area (Å²) >= 11 is 0. The third kappa shape index (κ3) is 2.72. The summed E-state index contributed by atoms with van der Waals surface area (Å²) in [4.78, 5) is 11.1. The molecule has 1 aliphatic rings. The van der Waals surface area contributed by atoms with Crippen molar-refractivity contribution in [2.75, 3.05) is 43.1 Å². The van der Waals surface area contributed by atoms with Gasteiger partial charge in [0.05, 0.1) is 13.2 Å². The maximum absolute atomic E-state index is 5.40. The number of hydrogen-bond acceptors (Lipinski definition) is 5. The van der Waals surface area contributed by atoms with E-state index in [1.807, 2.05) is 0 Å². The van der Waals surface area contributed by atoms with Crippen molar-refractivity contribution in [3.8, 4) is 0 Å². The topological polar surface area (TPSA) is 50.3 Å². The molecule has 0 radical (unpaired) electrons. The lowest BCUT2D eigenvalue weighted by atomic mass is 10.0. The molecule has 18 heavy (non-hydrogen) atoms. The van der Waals surface area contributed by atoms with Crippen LogP contribution in [-0.2, 0) is 4.74 Å². The molecule has 2 heterocycles. The van der Waals surface area contributed by atoms with Crippen LogP contribution in [0, 0.1) is 0 Å². The summed E-state index contributed by atoms with van der Waals surface area (Å²) in [5, 5.41) is 3.33. The van der Waals surface area contributed by atoms with E-state index in [9.17, 15) is 0 Å². The summed E-state index contributed by atoms with van der Waals surface area (Å²) in [5.74, 6) is 2.42. The van der Waals surface area contributed by atoms with Gasteiger partial charge in [0.1, 0.15) is 18.0 Å². The lowest BCUT2D eigenvalue weighted by Crippen LogP contribution is -2.37. The van der Waals surface area contributed by atoms with Gasteiger partial charge >= 0.3 is 0 Å². The van der Waals surface area contributed by atoms with Gasteiger partial charge in [-0.3, -0.25) is 0 Å². The Balaban J connectivity index is 2.35. The van der Waals surface area contributed by atoms with Crippen LogP contribution in [-0.4, -0.2) is 42.8 Å². The van der Waals surface area contributed by atoms with Crippen molar-refractivity contribution < 1.29 is 4.74 Å². The molecule has 5 heteroatoms. The van der Waals surface area contributed by atoms with Crippen LogP contribution in [0.4, 0.5) is 11.6 Å². The van der Waals surface area contributed by atoms with Gasteiger partial charge in [0.15, 0.2) is 0 Å². The molecule has 1 fully saturated rings. The van der Waals surface area contributed by atoms with E-state index in [2.05, 4.69) is 41.0 Å². The smallest absolute Gasteiger partial charge is 0.137 e. The van der Waals surface area contributed by atoms with Crippen LogP contribution in [0.2, 0.25) is 0 Å². The van der Waals surface area contributed by atoms with Crippen molar-refractivity contribution in [2.24, 2.45) is 0 Å². The van der Waals surface area contributed by atoms with E-state index in [0.717, 1.165) is 44.5 Å². The van der Waals surface area contributed by atoms with Gasteiger partial charge in [0.2, 0.25) is 0 Å². The van der Waals surface area contributed by atoms with E-state index in [1.165, 1.54) is 5.56 Å². The molecule has 1 aliphatic heterocycles. The third-order valence-electron chi connectivity index (χ3n) is 3.10. The normalized spacial score (nSPS) is 16.1. The van der Waals surface area contributed by atoms with Crippen LogP contribution in [0.1, 0.15) is 32.3 Å². The molecule has 1 saturated heterocycles. The standard InChI is InChI=1S/C13H22N4O/c1-4-14-12-11(10(2)3)13(16-9-15-12)17-5-7-18-8-6-17/h9-10H,4-8H2,1-3H3,(H,14,15,16). The third-order valence-corrected chi connectivity index (χ3v) is 3.10. The zero-order valence-electron chi connectivity index (χ0n) is 11.4. The lowest BCUT2D eigenvalue weighted by molar-refractivity contribution is 0.122. The van der Waals surface area contributed by atoms with Crippen molar-refractivity contribution >= 4 is 11.6 Å². The molecule has 2 rings (SSSR count). The molecular weight excluding hydrogens is 228 g/mol. The van der Waals surface area contributed by atoms with Crippen molar-refractivity contribution in [3.05, 3.63) is 11.9 Å². The fourth-order valence-electron chi connectivity index (χ4n) is 2.25. The summed E-state index contributed by atoms with van der Waals surface area (Å²) in [5.41, 5.74) is 1.21. The lowest BCUT2D eigenvalue weighted by Gasteiger charge is -2.30. The Morgan fingerprint density at radius 2 is 2.06 bits per heavy atom. The first-order valence-electron chi connectivity index (χ1n) is 6.65. The Morgan fingerprint density at radius 3 is 2.67 bits per heavy atom. The van der Waals surface area contributed by atoms with Crippen LogP contribution in [0.15, 0.2) is 6.33 Å². The predicted molar refractivity (Wildman–Crippen MR) is 73.3 cm³/mol. The second kappa shape index (κ2) is 6.00. The van der Waals surface area contributed by atoms with E-state index in [4.69, 9.17) is 4.74 Å². The molecular formula is C13H22N4O. The van der Waals surface area contributed by atoms with Crippen LogP contribution in [0.5, 0.6) is 0 Å². The van der Waals surface area contributed by atoms with Gasteiger partial charge in [0, 0.05) is 25.2 Å². The molecule has 100 valence electrons. The van der Waals surface area contributed by atoms with E-state index in [1.54, 1.807) is 6.33 Å². The van der Waals surface area contributed by atoms with Gasteiger partial charge in [0.25, 0.3) is 0 Å². The average molecular weight is 250 g/mol. The van der Waals surface area contributed by atoms with Crippen LogP contribution in [0.25, 0.3) is 0 Å². The van der Waals surface area contributed by atoms with Crippen molar-refractivity contribution in [1.29, 1.82) is 0 Å². The monoisotopic (exact) mass is 250 g/mol. The van der Waals surface area contributed by atoms with Gasteiger partial charge < -0.3 is 15.0 Å². The number of aromatic nitrogens is 2. The van der Waals surface area contributed by atoms with Crippen LogP contribution in [0.3, 0.4) is 0 Å². The summed E-state index contributed by atoms with van der Waals surface area (Å²) in [6.07, 6.45) is 1.65. The van der Waals surface area contributed by atoms with E-state index < -0.39 is 0 Å². The maximum atomic E-state index is 5.40. The number of morpholine rings is 1. The van der Waals surface area contributed by atoms with Gasteiger partial charge in [-0.05, 0) is 12.8 Å². The summed E-state index contributed by atoms with van der Waals surface area (Å²) in [7, 11) is 0. The molecule has 0 bridgehead atoms. The Morgan fingerprint density at radius 1 is 1.33 bits per heavy atom. The summed E-state index contributed by atoms with van der Waals surface area (Å²) in [6.45, 7) is 10.7. The molecule has 5 nitrogen and oxygen atoms in total. The van der Waals surface area contributed by atoms with Gasteiger partial charge in [-0.25, -0.2) is 9.97 Å². The SMILES string of the molecule is CCNc1ncnc(N2CCOCC2)c1C(C)C. The van der Waals surface area contributed by atoms with Crippen molar-refractivity contribution in [1.82, 2.24) is 9.97 Å². The minimum atomic E-state index is 0.401. The Kier molecular flexibility index (Phi) is 4.36. The number of rotatable bonds is 4. The summed E-state index contributed by atoms with van der Waals surface area (Å²) < 4.78 is 5.40. The number of hydrogen-bond donors (Lipinski definition) is 1. The minimum Gasteiger partial charge on any atom is -0.378 e. The number of nitrogens with one attached hydrogen (secondary N) is 1. The molecule has 1 aromatic heterocycles. The molecule has 0 saturated carbocycles. The zero-order chi connectivity index (χ0) is 13.0. The largest absolute Gasteiger partial charge is 0.378 e. The first-order chi connectivity index (χ1) is 8.74. The number of anilines is 2. The number of ether oxygens (including phenoxy) is 1. The maximum Gasteiger partial charge on any atom is 0.137 e. The highest BCUT2D eigenvalue weighted by Crippen LogP contribution is 2.30. The highest BCUT2D eigenvalue weighted by molar-refractivity contribution is 5.60. The molecule has 1 N–H and O–H groups in total. The fourth-order valence-corrected chi connectivity index (χ4v) is 2.25. The molecule has 0 aliphatic carbocycles. The average Bonchev–Trinajstić information content (AvgIpc) is 2.39. The van der Waals surface area contributed by atoms with Crippen molar-refractivity contribution in [2.45, 2.75) is 26.7 Å². The van der Waals surface area contributed by atoms with Gasteiger partial charge in [-0.2, -0.15) is 0 Å². The summed E-state index contributed by atoms with van der Waals surface area (Å²) in [6, 6.07) is 0. The minimum absolute atomic E-state index is 0.401. The fraction of sp³-hybridized carbons (Fsp3) is 0.692. The molecule has 0 amide bonds. The molecule has 0 atom stereocenters. The Hall–Kier alpha value is -1.36. The second-order valence-electron chi connectivity index (χ2n) is 4.74. The second-order valence-corrected chi connectivity index (χ2v) is 4.74. The quantitative estimate of drug-likeness (QED) is 0.884. The predicted octanol–water partition coefficient (Wildman–Crippen LogP) is 1.87. The molecule has 1 aromatic rings. The molecule has 0 aromatic carbocycles. The van der Waals surface area contributed by atoms with Crippen LogP contribution < -0.4 is 10.2 Å². The molecule has 0 spiro atoms. The highest BCUT2D eigenvalue weighted by atomic mass is 16.5. The Bertz CT molecular complexity index is 389. The van der Waals surface area contributed by atoms with E-state index >= 15 is 0 Å². The zero-order valence-corrected chi connectivity index (χ0v) is 11.4. The van der Waals surface area contributed by atoms with E-state index in [0.29, 0.717) is 5.92 Å². The van der Waals surface area contributed by atoms with Gasteiger partial charge in [-0.15, -0.1) is 0 Å². The number of nitrogens with zero attached hydrogens (tertiary/aromatic N) is 3. The highest BCUT2D eigenvalue weighted by Gasteiger charge is 2.21.